The van der Waals surface area contributed by atoms with Crippen molar-refractivity contribution < 1.29 is 0 Å². The molecule has 0 bridgehead atoms. The average Bonchev–Trinajstić information content (AvgIpc) is 3.32. The number of nitrogens with zero attached hydrogens (tertiary/aromatic N) is 4. The third kappa shape index (κ3) is 3.52. The lowest BCUT2D eigenvalue weighted by Crippen LogP contribution is -2.27. The highest BCUT2D eigenvalue weighted by atomic mass is 32.2. The zero-order chi connectivity index (χ0) is 21.8. The topological polar surface area (TPSA) is 52.2 Å². The largest absolute Gasteiger partial charge is 0.272 e. The summed E-state index contributed by atoms with van der Waals surface area (Å²) in [5, 5.41) is 10.7. The van der Waals surface area contributed by atoms with Crippen molar-refractivity contribution >= 4 is 39.1 Å². The van der Waals surface area contributed by atoms with Crippen LogP contribution in [0.4, 0.5) is 0 Å². The SMILES string of the molecule is CCSc1nnc2n(Cc3ccccc3)c(=O)c3c4c(sc3n12)C[C@@H](C(C)(C)C)CC4. The summed E-state index contributed by atoms with van der Waals surface area (Å²) in [6.45, 7) is 9.62. The van der Waals surface area contributed by atoms with Crippen molar-refractivity contribution in [3.63, 3.8) is 0 Å². The van der Waals surface area contributed by atoms with E-state index in [-0.39, 0.29) is 11.0 Å². The number of hydrogen-bond donors (Lipinski definition) is 0. The fraction of sp³-hybridized carbons (Fsp3) is 0.458. The highest BCUT2D eigenvalue weighted by Crippen LogP contribution is 2.43. The zero-order valence-corrected chi connectivity index (χ0v) is 20.1. The van der Waals surface area contributed by atoms with Crippen molar-refractivity contribution in [1.29, 1.82) is 0 Å². The maximum absolute atomic E-state index is 13.8. The summed E-state index contributed by atoms with van der Waals surface area (Å²) in [5.41, 5.74) is 2.69. The number of fused-ring (bicyclic) bond motifs is 5. The summed E-state index contributed by atoms with van der Waals surface area (Å²) < 4.78 is 3.94. The molecule has 3 aromatic heterocycles. The van der Waals surface area contributed by atoms with E-state index in [1.165, 1.54) is 10.4 Å². The molecule has 3 heterocycles. The Balaban J connectivity index is 1.76. The zero-order valence-electron chi connectivity index (χ0n) is 18.5. The van der Waals surface area contributed by atoms with Crippen molar-refractivity contribution in [3.05, 3.63) is 56.7 Å². The first-order valence-corrected chi connectivity index (χ1v) is 12.8. The Morgan fingerprint density at radius 3 is 2.68 bits per heavy atom. The van der Waals surface area contributed by atoms with Crippen LogP contribution >= 0.6 is 23.1 Å². The van der Waals surface area contributed by atoms with Crippen LogP contribution in [0.1, 0.15) is 50.1 Å². The number of aromatic nitrogens is 4. The van der Waals surface area contributed by atoms with Crippen molar-refractivity contribution in [2.75, 3.05) is 5.75 Å². The molecule has 1 atom stereocenters. The molecule has 0 saturated carbocycles. The van der Waals surface area contributed by atoms with Crippen LogP contribution in [0.2, 0.25) is 0 Å². The van der Waals surface area contributed by atoms with E-state index >= 15 is 0 Å². The standard InChI is InChI=1S/C24H28N4OS2/c1-5-30-23-26-25-22-27(14-15-9-7-6-8-10-15)20(29)19-17-12-11-16(24(2,3)4)13-18(17)31-21(19)28(22)23/h6-10,16H,5,11-14H2,1-4H3/t16-/m0/s1. The molecule has 0 fully saturated rings. The second kappa shape index (κ2) is 7.78. The predicted molar refractivity (Wildman–Crippen MR) is 130 cm³/mol. The van der Waals surface area contributed by atoms with Gasteiger partial charge in [0.25, 0.3) is 5.56 Å². The Kier molecular flexibility index (Phi) is 5.21. The van der Waals surface area contributed by atoms with Crippen molar-refractivity contribution in [2.24, 2.45) is 11.3 Å². The molecule has 1 aliphatic rings. The predicted octanol–water partition coefficient (Wildman–Crippen LogP) is 5.42. The maximum Gasteiger partial charge on any atom is 0.264 e. The van der Waals surface area contributed by atoms with E-state index in [0.29, 0.717) is 18.2 Å². The summed E-state index contributed by atoms with van der Waals surface area (Å²) in [7, 11) is 0. The molecule has 0 aliphatic heterocycles. The second-order valence-corrected chi connectivity index (χ2v) is 11.7. The molecule has 162 valence electrons. The molecule has 0 radical (unpaired) electrons. The van der Waals surface area contributed by atoms with Crippen LogP contribution in [-0.4, -0.2) is 24.9 Å². The molecule has 0 unspecified atom stereocenters. The molecule has 1 aromatic carbocycles. The third-order valence-electron chi connectivity index (χ3n) is 6.45. The van der Waals surface area contributed by atoms with E-state index in [4.69, 9.17) is 0 Å². The van der Waals surface area contributed by atoms with Crippen molar-refractivity contribution in [3.8, 4) is 0 Å². The second-order valence-electron chi connectivity index (χ2n) is 9.42. The fourth-order valence-corrected chi connectivity index (χ4v) is 6.79. The number of rotatable bonds is 4. The number of thioether (sulfide) groups is 1. The molecule has 0 spiro atoms. The molecule has 5 rings (SSSR count). The van der Waals surface area contributed by atoms with Gasteiger partial charge in [-0.15, -0.1) is 21.5 Å². The monoisotopic (exact) mass is 452 g/mol. The van der Waals surface area contributed by atoms with E-state index in [1.807, 2.05) is 22.8 Å². The normalized spacial score (nSPS) is 16.8. The van der Waals surface area contributed by atoms with Gasteiger partial charge in [0.2, 0.25) is 5.78 Å². The maximum atomic E-state index is 13.8. The van der Waals surface area contributed by atoms with E-state index in [9.17, 15) is 4.79 Å². The lowest BCUT2D eigenvalue weighted by atomic mass is 9.72. The van der Waals surface area contributed by atoms with Gasteiger partial charge in [0.05, 0.1) is 11.9 Å². The van der Waals surface area contributed by atoms with Gasteiger partial charge < -0.3 is 0 Å². The van der Waals surface area contributed by atoms with Gasteiger partial charge in [-0.2, -0.15) is 0 Å². The Morgan fingerprint density at radius 2 is 1.97 bits per heavy atom. The molecular weight excluding hydrogens is 424 g/mol. The molecular formula is C24H28N4OS2. The number of benzene rings is 1. The highest BCUT2D eigenvalue weighted by Gasteiger charge is 2.32. The van der Waals surface area contributed by atoms with Crippen molar-refractivity contribution in [1.82, 2.24) is 19.2 Å². The van der Waals surface area contributed by atoms with E-state index in [1.54, 1.807) is 23.1 Å². The van der Waals surface area contributed by atoms with Crippen LogP contribution in [0.3, 0.4) is 0 Å². The number of hydrogen-bond acceptors (Lipinski definition) is 5. The van der Waals surface area contributed by atoms with Gasteiger partial charge in [0.1, 0.15) is 4.83 Å². The van der Waals surface area contributed by atoms with Gasteiger partial charge in [-0.25, -0.2) is 4.40 Å². The van der Waals surface area contributed by atoms with Crippen LogP contribution < -0.4 is 5.56 Å². The average molecular weight is 453 g/mol. The molecule has 0 amide bonds. The molecule has 0 N–H and O–H groups in total. The Labute approximate surface area is 190 Å². The lowest BCUT2D eigenvalue weighted by molar-refractivity contribution is 0.218. The summed E-state index contributed by atoms with van der Waals surface area (Å²) in [4.78, 5) is 16.2. The van der Waals surface area contributed by atoms with E-state index in [2.05, 4.69) is 54.4 Å². The minimum Gasteiger partial charge on any atom is -0.272 e. The summed E-state index contributed by atoms with van der Waals surface area (Å²) in [6, 6.07) is 10.1. The molecule has 0 saturated heterocycles. The molecule has 4 aromatic rings. The van der Waals surface area contributed by atoms with Crippen LogP contribution in [0.25, 0.3) is 16.0 Å². The Morgan fingerprint density at radius 1 is 1.19 bits per heavy atom. The number of aryl methyl sites for hydroxylation is 1. The summed E-state index contributed by atoms with van der Waals surface area (Å²) >= 11 is 3.46. The van der Waals surface area contributed by atoms with Crippen LogP contribution in [-0.2, 0) is 19.4 Å². The van der Waals surface area contributed by atoms with E-state index in [0.717, 1.165) is 46.0 Å². The quantitative estimate of drug-likeness (QED) is 0.388. The smallest absolute Gasteiger partial charge is 0.264 e. The van der Waals surface area contributed by atoms with Gasteiger partial charge in [-0.3, -0.25) is 9.36 Å². The molecule has 7 heteroatoms. The van der Waals surface area contributed by atoms with Gasteiger partial charge in [-0.05, 0) is 47.5 Å². The summed E-state index contributed by atoms with van der Waals surface area (Å²) in [6.07, 6.45) is 3.16. The van der Waals surface area contributed by atoms with Gasteiger partial charge in [0.15, 0.2) is 5.16 Å². The molecule has 31 heavy (non-hydrogen) atoms. The van der Waals surface area contributed by atoms with Gasteiger partial charge >= 0.3 is 0 Å². The first-order chi connectivity index (χ1) is 14.9. The van der Waals surface area contributed by atoms with Crippen LogP contribution in [0, 0.1) is 11.3 Å². The first kappa shape index (κ1) is 20.8. The van der Waals surface area contributed by atoms with Gasteiger partial charge in [-0.1, -0.05) is 69.8 Å². The lowest BCUT2D eigenvalue weighted by Gasteiger charge is -2.33. The van der Waals surface area contributed by atoms with Crippen molar-refractivity contribution in [2.45, 2.75) is 58.7 Å². The first-order valence-electron chi connectivity index (χ1n) is 11.0. The van der Waals surface area contributed by atoms with Crippen LogP contribution in [0.5, 0.6) is 0 Å². The number of thiophene rings is 1. The van der Waals surface area contributed by atoms with Gasteiger partial charge in [0, 0.05) is 4.88 Å². The fourth-order valence-electron chi connectivity index (χ4n) is 4.66. The minimum absolute atomic E-state index is 0.0681. The minimum atomic E-state index is 0.0681. The Hall–Kier alpha value is -2.12. The molecule has 5 nitrogen and oxygen atoms in total. The molecule has 1 aliphatic carbocycles. The highest BCUT2D eigenvalue weighted by molar-refractivity contribution is 7.99. The van der Waals surface area contributed by atoms with E-state index < -0.39 is 0 Å². The Bertz CT molecular complexity index is 1310. The third-order valence-corrected chi connectivity index (χ3v) is 8.50. The summed E-state index contributed by atoms with van der Waals surface area (Å²) in [5.74, 6) is 2.20. The van der Waals surface area contributed by atoms with Crippen LogP contribution in [0.15, 0.2) is 40.3 Å².